The average molecular weight is 273 g/mol. The lowest BCUT2D eigenvalue weighted by Crippen LogP contribution is -2.15. The maximum absolute atomic E-state index is 14.2. The Morgan fingerprint density at radius 3 is 2.55 bits per heavy atom. The summed E-state index contributed by atoms with van der Waals surface area (Å²) >= 11 is 0. The molecule has 1 N–H and O–H groups in total. The highest BCUT2D eigenvalue weighted by Crippen LogP contribution is 2.26. The van der Waals surface area contributed by atoms with Gasteiger partial charge in [-0.05, 0) is 54.7 Å². The van der Waals surface area contributed by atoms with E-state index in [0.29, 0.717) is 23.7 Å². The third-order valence-electron chi connectivity index (χ3n) is 3.56. The number of aryl methyl sites for hydroxylation is 1. The number of halogens is 2. The van der Waals surface area contributed by atoms with Gasteiger partial charge in [0.15, 0.2) is 0 Å². The Hall–Kier alpha value is -1.74. The molecular weight excluding hydrogens is 256 g/mol. The molecule has 0 radical (unpaired) electrons. The quantitative estimate of drug-likeness (QED) is 0.880. The number of benzene rings is 2. The molecule has 0 heterocycles. The largest absolute Gasteiger partial charge is 0.310 e. The molecule has 2 aromatic carbocycles. The third-order valence-corrected chi connectivity index (χ3v) is 3.56. The minimum Gasteiger partial charge on any atom is -0.310 e. The molecule has 0 aliphatic heterocycles. The van der Waals surface area contributed by atoms with E-state index in [0.717, 1.165) is 11.1 Å². The van der Waals surface area contributed by atoms with Crippen LogP contribution in [0.3, 0.4) is 0 Å². The molecule has 0 amide bonds. The lowest BCUT2D eigenvalue weighted by atomic mass is 10.0. The molecule has 0 aromatic heterocycles. The van der Waals surface area contributed by atoms with Crippen molar-refractivity contribution in [1.29, 1.82) is 0 Å². The lowest BCUT2D eigenvalue weighted by Gasteiger charge is -2.08. The Morgan fingerprint density at radius 1 is 1.10 bits per heavy atom. The van der Waals surface area contributed by atoms with Crippen molar-refractivity contribution < 1.29 is 8.78 Å². The second-order valence-electron chi connectivity index (χ2n) is 5.49. The first-order chi connectivity index (χ1) is 9.61. The van der Waals surface area contributed by atoms with Gasteiger partial charge in [0.25, 0.3) is 0 Å². The minimum absolute atomic E-state index is 0.301. The number of rotatable bonds is 4. The Balaban J connectivity index is 1.85. The molecule has 0 atom stereocenters. The Kier molecular flexibility index (Phi) is 3.53. The molecule has 20 heavy (non-hydrogen) atoms. The van der Waals surface area contributed by atoms with Gasteiger partial charge in [0, 0.05) is 18.2 Å². The van der Waals surface area contributed by atoms with Crippen LogP contribution in [-0.2, 0) is 6.54 Å². The summed E-state index contributed by atoms with van der Waals surface area (Å²) in [4.78, 5) is 0. The van der Waals surface area contributed by atoms with Crippen molar-refractivity contribution in [3.05, 3.63) is 59.2 Å². The van der Waals surface area contributed by atoms with Crippen LogP contribution in [0.2, 0.25) is 0 Å². The van der Waals surface area contributed by atoms with E-state index in [9.17, 15) is 8.78 Å². The molecule has 1 saturated carbocycles. The summed E-state index contributed by atoms with van der Waals surface area (Å²) in [6, 6.07) is 10.4. The monoisotopic (exact) mass is 273 g/mol. The van der Waals surface area contributed by atoms with Crippen molar-refractivity contribution in [2.24, 2.45) is 0 Å². The van der Waals surface area contributed by atoms with Crippen molar-refractivity contribution in [3.63, 3.8) is 0 Å². The predicted molar refractivity (Wildman–Crippen MR) is 76.4 cm³/mol. The standard InChI is InChI=1S/C17H17F2N/c1-11-6-13(9-14(18)7-11)16-5-2-12(8-17(16)19)10-20-15-3-4-15/h2,5-9,15,20H,3-4,10H2,1H3. The van der Waals surface area contributed by atoms with E-state index in [1.165, 1.54) is 31.0 Å². The van der Waals surface area contributed by atoms with Gasteiger partial charge in [0.1, 0.15) is 11.6 Å². The second-order valence-corrected chi connectivity index (χ2v) is 5.49. The van der Waals surface area contributed by atoms with Crippen molar-refractivity contribution in [2.45, 2.75) is 32.4 Å². The molecule has 1 aliphatic rings. The van der Waals surface area contributed by atoms with Gasteiger partial charge in [-0.25, -0.2) is 8.78 Å². The molecule has 1 fully saturated rings. The smallest absolute Gasteiger partial charge is 0.131 e. The number of hydrogen-bond donors (Lipinski definition) is 1. The van der Waals surface area contributed by atoms with Crippen LogP contribution < -0.4 is 5.32 Å². The van der Waals surface area contributed by atoms with Gasteiger partial charge < -0.3 is 5.32 Å². The summed E-state index contributed by atoms with van der Waals surface area (Å²) in [6.45, 7) is 2.49. The van der Waals surface area contributed by atoms with Crippen molar-refractivity contribution in [2.75, 3.05) is 0 Å². The van der Waals surface area contributed by atoms with Crippen molar-refractivity contribution in [1.82, 2.24) is 5.32 Å². The highest BCUT2D eigenvalue weighted by molar-refractivity contribution is 5.65. The zero-order chi connectivity index (χ0) is 14.1. The van der Waals surface area contributed by atoms with Crippen LogP contribution in [0, 0.1) is 18.6 Å². The molecule has 2 aromatic rings. The molecule has 3 rings (SSSR count). The fourth-order valence-electron chi connectivity index (χ4n) is 2.34. The summed E-state index contributed by atoms with van der Waals surface area (Å²) in [5.74, 6) is -0.635. The summed E-state index contributed by atoms with van der Waals surface area (Å²) in [5, 5.41) is 3.35. The van der Waals surface area contributed by atoms with Crippen LogP contribution in [0.1, 0.15) is 24.0 Å². The van der Waals surface area contributed by atoms with Gasteiger partial charge in [0.05, 0.1) is 0 Å². The summed E-state index contributed by atoms with van der Waals surface area (Å²) < 4.78 is 27.6. The summed E-state index contributed by atoms with van der Waals surface area (Å²) in [7, 11) is 0. The minimum atomic E-state index is -0.334. The van der Waals surface area contributed by atoms with E-state index >= 15 is 0 Å². The molecule has 0 unspecified atom stereocenters. The predicted octanol–water partition coefficient (Wildman–Crippen LogP) is 4.19. The Labute approximate surface area is 117 Å². The zero-order valence-electron chi connectivity index (χ0n) is 11.4. The normalized spacial score (nSPS) is 14.6. The highest BCUT2D eigenvalue weighted by Gasteiger charge is 2.20. The molecule has 0 saturated heterocycles. The first kappa shape index (κ1) is 13.3. The third kappa shape index (κ3) is 3.05. The lowest BCUT2D eigenvalue weighted by molar-refractivity contribution is 0.619. The molecule has 0 spiro atoms. The molecule has 1 nitrogen and oxygen atoms in total. The average Bonchev–Trinajstić information content (AvgIpc) is 3.19. The van der Waals surface area contributed by atoms with Gasteiger partial charge in [-0.15, -0.1) is 0 Å². The van der Waals surface area contributed by atoms with Crippen molar-refractivity contribution >= 4 is 0 Å². The van der Waals surface area contributed by atoms with Gasteiger partial charge in [-0.3, -0.25) is 0 Å². The van der Waals surface area contributed by atoms with Crippen LogP contribution in [0.5, 0.6) is 0 Å². The molecule has 1 aliphatic carbocycles. The van der Waals surface area contributed by atoms with Gasteiger partial charge in [0.2, 0.25) is 0 Å². The highest BCUT2D eigenvalue weighted by atomic mass is 19.1. The first-order valence-corrected chi connectivity index (χ1v) is 6.91. The van der Waals surface area contributed by atoms with Crippen LogP contribution >= 0.6 is 0 Å². The second kappa shape index (κ2) is 5.33. The van der Waals surface area contributed by atoms with E-state index in [1.54, 1.807) is 19.1 Å². The van der Waals surface area contributed by atoms with E-state index in [2.05, 4.69) is 5.32 Å². The Morgan fingerprint density at radius 2 is 1.90 bits per heavy atom. The fraction of sp³-hybridized carbons (Fsp3) is 0.294. The van der Waals surface area contributed by atoms with E-state index in [4.69, 9.17) is 0 Å². The zero-order valence-corrected chi connectivity index (χ0v) is 11.4. The van der Waals surface area contributed by atoms with Crippen LogP contribution in [0.25, 0.3) is 11.1 Å². The maximum Gasteiger partial charge on any atom is 0.131 e. The van der Waals surface area contributed by atoms with E-state index in [-0.39, 0.29) is 11.6 Å². The SMILES string of the molecule is Cc1cc(F)cc(-c2ccc(CNC3CC3)cc2F)c1. The van der Waals surface area contributed by atoms with Gasteiger partial charge in [-0.2, -0.15) is 0 Å². The van der Waals surface area contributed by atoms with Gasteiger partial charge in [-0.1, -0.05) is 18.2 Å². The summed E-state index contributed by atoms with van der Waals surface area (Å²) in [6.07, 6.45) is 2.42. The van der Waals surface area contributed by atoms with E-state index in [1.807, 2.05) is 6.07 Å². The Bertz CT molecular complexity index is 613. The molecule has 104 valence electrons. The molecular formula is C17H17F2N. The first-order valence-electron chi connectivity index (χ1n) is 6.91. The number of nitrogens with one attached hydrogen (secondary N) is 1. The van der Waals surface area contributed by atoms with Crippen LogP contribution in [0.15, 0.2) is 36.4 Å². The van der Waals surface area contributed by atoms with Crippen LogP contribution in [-0.4, -0.2) is 6.04 Å². The maximum atomic E-state index is 14.2. The fourth-order valence-corrected chi connectivity index (χ4v) is 2.34. The summed E-state index contributed by atoms with van der Waals surface area (Å²) in [5.41, 5.74) is 2.75. The van der Waals surface area contributed by atoms with Crippen molar-refractivity contribution in [3.8, 4) is 11.1 Å². The number of hydrogen-bond acceptors (Lipinski definition) is 1. The van der Waals surface area contributed by atoms with Crippen LogP contribution in [0.4, 0.5) is 8.78 Å². The molecule has 3 heteroatoms. The topological polar surface area (TPSA) is 12.0 Å². The van der Waals surface area contributed by atoms with Gasteiger partial charge >= 0.3 is 0 Å². The van der Waals surface area contributed by atoms with E-state index < -0.39 is 0 Å². The molecule has 0 bridgehead atoms.